The molecule has 0 aromatic heterocycles. The first-order valence-corrected chi connectivity index (χ1v) is 13.6. The summed E-state index contributed by atoms with van der Waals surface area (Å²) in [5.74, 6) is 0.584. The maximum atomic E-state index is 13.3. The second-order valence-corrected chi connectivity index (χ2v) is 10.4. The highest BCUT2D eigenvalue weighted by Crippen LogP contribution is 2.29. The molecule has 9 heteroatoms. The first-order valence-electron chi connectivity index (χ1n) is 12.8. The highest BCUT2D eigenvalue weighted by molar-refractivity contribution is 9.10. The summed E-state index contributed by atoms with van der Waals surface area (Å²) in [6, 6.07) is 12.7. The summed E-state index contributed by atoms with van der Waals surface area (Å²) in [6.45, 7) is 9.11. The number of carbonyl (C=O) groups excluding carboxylic acids is 2. The van der Waals surface area contributed by atoms with Crippen molar-refractivity contribution in [1.82, 2.24) is 10.2 Å². The zero-order valence-corrected chi connectivity index (χ0v) is 22.5. The van der Waals surface area contributed by atoms with E-state index in [0.29, 0.717) is 29.4 Å². The molecule has 4 rings (SSSR count). The van der Waals surface area contributed by atoms with E-state index in [1.807, 2.05) is 36.4 Å². The van der Waals surface area contributed by atoms with E-state index >= 15 is 0 Å². The van der Waals surface area contributed by atoms with Crippen LogP contribution in [0.2, 0.25) is 0 Å². The first-order chi connectivity index (χ1) is 17.5. The molecule has 0 aliphatic carbocycles. The van der Waals surface area contributed by atoms with E-state index in [0.717, 1.165) is 75.4 Å². The summed E-state index contributed by atoms with van der Waals surface area (Å²) in [5.41, 5.74) is 2.76. The summed E-state index contributed by atoms with van der Waals surface area (Å²) in [5, 5.41) is 8.81. The molecule has 0 unspecified atom stereocenters. The van der Waals surface area contributed by atoms with Gasteiger partial charge in [0.1, 0.15) is 0 Å². The smallest absolute Gasteiger partial charge is 0.323 e. The maximum Gasteiger partial charge on any atom is 0.323 e. The Labute approximate surface area is 221 Å². The number of halogens is 1. The topological polar surface area (TPSA) is 85.9 Å². The lowest BCUT2D eigenvalue weighted by atomic mass is 9.98. The molecule has 3 N–H and O–H groups in total. The average Bonchev–Trinajstić information content (AvgIpc) is 2.89. The fraction of sp³-hybridized carbons (Fsp3) is 0.481. The Morgan fingerprint density at radius 3 is 2.53 bits per heavy atom. The molecule has 2 aliphatic heterocycles. The van der Waals surface area contributed by atoms with Gasteiger partial charge in [-0.05, 0) is 78.0 Å². The molecule has 2 fully saturated rings. The molecule has 0 bridgehead atoms. The van der Waals surface area contributed by atoms with Gasteiger partial charge in [-0.3, -0.25) is 9.69 Å². The van der Waals surface area contributed by atoms with Gasteiger partial charge < -0.3 is 25.6 Å². The van der Waals surface area contributed by atoms with Crippen LogP contribution in [0, 0.1) is 5.92 Å². The molecule has 0 atom stereocenters. The van der Waals surface area contributed by atoms with Crippen molar-refractivity contribution in [2.24, 2.45) is 5.92 Å². The predicted octanol–water partition coefficient (Wildman–Crippen LogP) is 4.78. The van der Waals surface area contributed by atoms with Gasteiger partial charge in [0, 0.05) is 48.6 Å². The highest BCUT2D eigenvalue weighted by atomic mass is 79.9. The van der Waals surface area contributed by atoms with E-state index in [2.05, 4.69) is 48.6 Å². The number of hydrogen-bond acceptors (Lipinski definition) is 5. The van der Waals surface area contributed by atoms with E-state index in [1.54, 1.807) is 6.07 Å². The molecule has 2 aromatic carbocycles. The van der Waals surface area contributed by atoms with E-state index in [9.17, 15) is 9.59 Å². The Kier molecular flexibility index (Phi) is 9.60. The van der Waals surface area contributed by atoms with Gasteiger partial charge in [-0.25, -0.2) is 4.79 Å². The SMILES string of the molecule is CC1CCN(c2ccc(NC(=O)Nc3ccccc3Br)cc2C(=O)NCCCN2CCOCC2)CC1. The zero-order valence-electron chi connectivity index (χ0n) is 20.9. The molecule has 0 saturated carbocycles. The number of urea groups is 1. The van der Waals surface area contributed by atoms with Gasteiger partial charge in [0.2, 0.25) is 0 Å². The normalized spacial score (nSPS) is 17.0. The Bertz CT molecular complexity index is 1040. The third kappa shape index (κ3) is 7.44. The van der Waals surface area contributed by atoms with Crippen LogP contribution in [0.3, 0.4) is 0 Å². The summed E-state index contributed by atoms with van der Waals surface area (Å²) in [7, 11) is 0. The van der Waals surface area contributed by atoms with E-state index in [4.69, 9.17) is 4.74 Å². The van der Waals surface area contributed by atoms with Crippen molar-refractivity contribution in [2.45, 2.75) is 26.2 Å². The van der Waals surface area contributed by atoms with Crippen LogP contribution in [-0.2, 0) is 4.74 Å². The molecular formula is C27H36BrN5O3. The van der Waals surface area contributed by atoms with Gasteiger partial charge in [-0.1, -0.05) is 19.1 Å². The minimum absolute atomic E-state index is 0.111. The first kappa shape index (κ1) is 26.4. The van der Waals surface area contributed by atoms with Crippen molar-refractivity contribution in [3.63, 3.8) is 0 Å². The molecule has 0 radical (unpaired) electrons. The molecule has 36 heavy (non-hydrogen) atoms. The van der Waals surface area contributed by atoms with Crippen LogP contribution in [0.4, 0.5) is 21.9 Å². The number of benzene rings is 2. The van der Waals surface area contributed by atoms with Gasteiger partial charge in [0.05, 0.1) is 24.5 Å². The molecule has 8 nitrogen and oxygen atoms in total. The van der Waals surface area contributed by atoms with Crippen molar-refractivity contribution in [1.29, 1.82) is 0 Å². The number of anilines is 3. The van der Waals surface area contributed by atoms with Crippen LogP contribution < -0.4 is 20.9 Å². The monoisotopic (exact) mass is 557 g/mol. The largest absolute Gasteiger partial charge is 0.379 e. The van der Waals surface area contributed by atoms with Gasteiger partial charge in [0.25, 0.3) is 5.91 Å². The van der Waals surface area contributed by atoms with Crippen molar-refractivity contribution in [3.05, 3.63) is 52.5 Å². The second kappa shape index (κ2) is 13.1. The van der Waals surface area contributed by atoms with Crippen LogP contribution in [0.5, 0.6) is 0 Å². The van der Waals surface area contributed by atoms with Gasteiger partial charge >= 0.3 is 6.03 Å². The van der Waals surface area contributed by atoms with Crippen molar-refractivity contribution in [2.75, 3.05) is 68.0 Å². The number of amides is 3. The minimum Gasteiger partial charge on any atom is -0.379 e. The summed E-state index contributed by atoms with van der Waals surface area (Å²) >= 11 is 3.44. The minimum atomic E-state index is -0.363. The number of carbonyl (C=O) groups is 2. The third-order valence-electron chi connectivity index (χ3n) is 6.79. The van der Waals surface area contributed by atoms with Gasteiger partial charge in [-0.15, -0.1) is 0 Å². The quantitative estimate of drug-likeness (QED) is 0.406. The molecule has 2 heterocycles. The summed E-state index contributed by atoms with van der Waals surface area (Å²) < 4.78 is 6.20. The lowest BCUT2D eigenvalue weighted by Crippen LogP contribution is -2.38. The number of ether oxygens (including phenoxy) is 1. The highest BCUT2D eigenvalue weighted by Gasteiger charge is 2.22. The number of hydrogen-bond donors (Lipinski definition) is 3. The molecule has 2 saturated heterocycles. The molecule has 2 aliphatic rings. The Balaban J connectivity index is 1.42. The van der Waals surface area contributed by atoms with Crippen molar-refractivity contribution in [3.8, 4) is 0 Å². The van der Waals surface area contributed by atoms with Crippen LogP contribution >= 0.6 is 15.9 Å². The summed E-state index contributed by atoms with van der Waals surface area (Å²) in [6.07, 6.45) is 3.10. The van der Waals surface area contributed by atoms with E-state index in [1.165, 1.54) is 0 Å². The van der Waals surface area contributed by atoms with Crippen LogP contribution in [0.1, 0.15) is 36.5 Å². The molecule has 0 spiro atoms. The van der Waals surface area contributed by atoms with E-state index in [-0.39, 0.29) is 11.9 Å². The number of rotatable bonds is 8. The number of para-hydroxylation sites is 1. The fourth-order valence-corrected chi connectivity index (χ4v) is 4.98. The second-order valence-electron chi connectivity index (χ2n) is 9.52. The standard InChI is InChI=1S/C27H36BrN5O3/c1-20-9-13-33(14-10-20)25-8-7-21(30-27(35)31-24-6-3-2-5-23(24)28)19-22(25)26(34)29-11-4-12-32-15-17-36-18-16-32/h2-3,5-8,19-20H,4,9-18H2,1H3,(H,29,34)(H2,30,31,35). The lowest BCUT2D eigenvalue weighted by Gasteiger charge is -2.33. The van der Waals surface area contributed by atoms with Gasteiger partial charge in [0.15, 0.2) is 0 Å². The average molecular weight is 559 g/mol. The van der Waals surface area contributed by atoms with Crippen LogP contribution in [0.15, 0.2) is 46.9 Å². The molecule has 3 amide bonds. The number of morpholine rings is 1. The molecule has 2 aromatic rings. The third-order valence-corrected chi connectivity index (χ3v) is 7.48. The van der Waals surface area contributed by atoms with Crippen molar-refractivity contribution >= 4 is 44.9 Å². The molecule has 194 valence electrons. The van der Waals surface area contributed by atoms with Crippen molar-refractivity contribution < 1.29 is 14.3 Å². The lowest BCUT2D eigenvalue weighted by molar-refractivity contribution is 0.0374. The maximum absolute atomic E-state index is 13.3. The number of nitrogens with zero attached hydrogens (tertiary/aromatic N) is 2. The predicted molar refractivity (Wildman–Crippen MR) is 148 cm³/mol. The zero-order chi connectivity index (χ0) is 25.3. The molecular weight excluding hydrogens is 522 g/mol. The summed E-state index contributed by atoms with van der Waals surface area (Å²) in [4.78, 5) is 30.6. The van der Waals surface area contributed by atoms with E-state index < -0.39 is 0 Å². The van der Waals surface area contributed by atoms with Crippen LogP contribution in [-0.4, -0.2) is 69.3 Å². The fourth-order valence-electron chi connectivity index (χ4n) is 4.59. The Morgan fingerprint density at radius 2 is 1.78 bits per heavy atom. The number of piperidine rings is 1. The van der Waals surface area contributed by atoms with Crippen LogP contribution in [0.25, 0.3) is 0 Å². The Morgan fingerprint density at radius 1 is 1.03 bits per heavy atom. The number of nitrogens with one attached hydrogen (secondary N) is 3. The Hall–Kier alpha value is -2.62. The van der Waals surface area contributed by atoms with Gasteiger partial charge in [-0.2, -0.15) is 0 Å².